The van der Waals surface area contributed by atoms with Crippen molar-refractivity contribution in [2.45, 2.75) is 31.8 Å². The van der Waals surface area contributed by atoms with E-state index in [2.05, 4.69) is 10.1 Å². The van der Waals surface area contributed by atoms with Crippen molar-refractivity contribution in [3.8, 4) is 5.69 Å². The monoisotopic (exact) mass is 335 g/mol. The predicted molar refractivity (Wildman–Crippen MR) is 94.5 cm³/mol. The van der Waals surface area contributed by atoms with Crippen LogP contribution in [0.5, 0.6) is 0 Å². The van der Waals surface area contributed by atoms with Gasteiger partial charge in [0.25, 0.3) is 5.91 Å². The summed E-state index contributed by atoms with van der Waals surface area (Å²) < 4.78 is 3.84. The Balaban J connectivity index is 1.51. The van der Waals surface area contributed by atoms with E-state index in [1.165, 1.54) is 0 Å². The van der Waals surface area contributed by atoms with Crippen molar-refractivity contribution in [3.05, 3.63) is 67.0 Å². The van der Waals surface area contributed by atoms with Crippen LogP contribution in [-0.2, 0) is 6.54 Å². The van der Waals surface area contributed by atoms with E-state index in [4.69, 9.17) is 0 Å². The summed E-state index contributed by atoms with van der Waals surface area (Å²) in [5.74, 6) is 0.106. The summed E-state index contributed by atoms with van der Waals surface area (Å²) in [6.07, 6.45) is 12.4. The number of hydrogen-bond donors (Lipinski definition) is 0. The second-order valence-corrected chi connectivity index (χ2v) is 6.39. The van der Waals surface area contributed by atoms with E-state index in [9.17, 15) is 4.79 Å². The topological polar surface area (TPSA) is 56.0 Å². The van der Waals surface area contributed by atoms with Crippen LogP contribution in [0.25, 0.3) is 5.69 Å². The number of carbonyl (C=O) groups excluding carboxylic acids is 1. The first kappa shape index (κ1) is 15.6. The van der Waals surface area contributed by atoms with Gasteiger partial charge in [0.15, 0.2) is 0 Å². The molecule has 1 fully saturated rings. The number of piperidine rings is 1. The quantitative estimate of drug-likeness (QED) is 0.737. The Hall–Kier alpha value is -2.89. The number of amides is 1. The second-order valence-electron chi connectivity index (χ2n) is 6.39. The summed E-state index contributed by atoms with van der Waals surface area (Å²) in [7, 11) is 0. The molecule has 3 aromatic rings. The van der Waals surface area contributed by atoms with Crippen molar-refractivity contribution >= 4 is 5.91 Å². The lowest BCUT2D eigenvalue weighted by Gasteiger charge is -2.35. The van der Waals surface area contributed by atoms with Gasteiger partial charge in [-0.05, 0) is 49.6 Å². The Kier molecular flexibility index (Phi) is 4.33. The lowest BCUT2D eigenvalue weighted by atomic mass is 10.0. The highest BCUT2D eigenvalue weighted by atomic mass is 16.2. The molecular formula is C19H21N5O. The largest absolute Gasteiger partial charge is 0.334 e. The molecule has 1 amide bonds. The van der Waals surface area contributed by atoms with Gasteiger partial charge in [0, 0.05) is 42.6 Å². The standard InChI is InChI=1S/C19H21N5O/c25-19(16-5-7-17(8-6-16)22-13-10-20-15-22)24-12-2-1-4-18(24)14-23-11-3-9-21-23/h3,5-11,13,15,18H,1-2,4,12,14H2. The van der Waals surface area contributed by atoms with Gasteiger partial charge in [-0.2, -0.15) is 5.10 Å². The van der Waals surface area contributed by atoms with Crippen LogP contribution >= 0.6 is 0 Å². The third-order valence-corrected chi connectivity index (χ3v) is 4.76. The molecule has 3 heterocycles. The summed E-state index contributed by atoms with van der Waals surface area (Å²) in [5.41, 5.74) is 1.73. The minimum Gasteiger partial charge on any atom is -0.334 e. The summed E-state index contributed by atoms with van der Waals surface area (Å²) in [6, 6.07) is 9.84. The average molecular weight is 335 g/mol. The molecule has 2 aromatic heterocycles. The molecule has 0 aliphatic carbocycles. The molecule has 0 spiro atoms. The predicted octanol–water partition coefficient (Wildman–Crippen LogP) is 2.76. The van der Waals surface area contributed by atoms with Crippen LogP contribution in [0.15, 0.2) is 61.4 Å². The molecule has 4 rings (SSSR count). The number of likely N-dealkylation sites (tertiary alicyclic amines) is 1. The lowest BCUT2D eigenvalue weighted by Crippen LogP contribution is -2.45. The molecule has 1 aliphatic heterocycles. The maximum Gasteiger partial charge on any atom is 0.254 e. The average Bonchev–Trinajstić information content (AvgIpc) is 3.36. The van der Waals surface area contributed by atoms with Gasteiger partial charge in [-0.1, -0.05) is 0 Å². The Morgan fingerprint density at radius 3 is 2.72 bits per heavy atom. The second kappa shape index (κ2) is 6.93. The molecule has 1 aliphatic rings. The van der Waals surface area contributed by atoms with Gasteiger partial charge in [0.2, 0.25) is 0 Å². The highest BCUT2D eigenvalue weighted by Crippen LogP contribution is 2.21. The van der Waals surface area contributed by atoms with Crippen molar-refractivity contribution in [1.29, 1.82) is 0 Å². The van der Waals surface area contributed by atoms with Crippen LogP contribution in [0, 0.1) is 0 Å². The Morgan fingerprint density at radius 2 is 2.00 bits per heavy atom. The Bertz CT molecular complexity index is 808. The van der Waals surface area contributed by atoms with Gasteiger partial charge in [-0.15, -0.1) is 0 Å². The zero-order valence-electron chi connectivity index (χ0n) is 14.0. The van der Waals surface area contributed by atoms with E-state index in [0.29, 0.717) is 0 Å². The Morgan fingerprint density at radius 1 is 1.12 bits per heavy atom. The number of imidazole rings is 1. The van der Waals surface area contributed by atoms with Gasteiger partial charge < -0.3 is 9.47 Å². The molecule has 0 saturated carbocycles. The fourth-order valence-corrected chi connectivity index (χ4v) is 3.44. The summed E-state index contributed by atoms with van der Waals surface area (Å²) >= 11 is 0. The smallest absolute Gasteiger partial charge is 0.254 e. The zero-order valence-corrected chi connectivity index (χ0v) is 14.0. The van der Waals surface area contributed by atoms with Crippen molar-refractivity contribution in [1.82, 2.24) is 24.2 Å². The van der Waals surface area contributed by atoms with Crippen LogP contribution < -0.4 is 0 Å². The van der Waals surface area contributed by atoms with Gasteiger partial charge in [0.05, 0.1) is 18.9 Å². The van der Waals surface area contributed by atoms with Crippen LogP contribution in [0.1, 0.15) is 29.6 Å². The summed E-state index contributed by atoms with van der Waals surface area (Å²) in [6.45, 7) is 1.57. The first-order valence-electron chi connectivity index (χ1n) is 8.68. The molecule has 6 heteroatoms. The third-order valence-electron chi connectivity index (χ3n) is 4.76. The fraction of sp³-hybridized carbons (Fsp3) is 0.316. The normalized spacial score (nSPS) is 17.6. The van der Waals surface area contributed by atoms with E-state index in [-0.39, 0.29) is 11.9 Å². The van der Waals surface area contributed by atoms with Crippen molar-refractivity contribution < 1.29 is 4.79 Å². The Labute approximate surface area is 146 Å². The molecule has 1 atom stereocenters. The number of nitrogens with zero attached hydrogens (tertiary/aromatic N) is 5. The van der Waals surface area contributed by atoms with Crippen molar-refractivity contribution in [2.75, 3.05) is 6.54 Å². The number of hydrogen-bond acceptors (Lipinski definition) is 3. The third kappa shape index (κ3) is 3.33. The maximum absolute atomic E-state index is 13.0. The van der Waals surface area contributed by atoms with Crippen LogP contribution in [0.3, 0.4) is 0 Å². The number of aromatic nitrogens is 4. The lowest BCUT2D eigenvalue weighted by molar-refractivity contribution is 0.0584. The highest BCUT2D eigenvalue weighted by molar-refractivity contribution is 5.94. The minimum absolute atomic E-state index is 0.106. The molecule has 6 nitrogen and oxygen atoms in total. The van der Waals surface area contributed by atoms with Gasteiger partial charge in [-0.25, -0.2) is 4.98 Å². The van der Waals surface area contributed by atoms with E-state index in [0.717, 1.165) is 43.6 Å². The van der Waals surface area contributed by atoms with Crippen molar-refractivity contribution in [2.24, 2.45) is 0 Å². The molecule has 25 heavy (non-hydrogen) atoms. The van der Waals surface area contributed by atoms with Crippen LogP contribution in [-0.4, -0.2) is 42.7 Å². The maximum atomic E-state index is 13.0. The first-order chi connectivity index (χ1) is 12.3. The molecule has 0 bridgehead atoms. The van der Waals surface area contributed by atoms with Crippen LogP contribution in [0.4, 0.5) is 0 Å². The SMILES string of the molecule is O=C(c1ccc(-n2ccnc2)cc1)N1CCCCC1Cn1cccn1. The van der Waals surface area contributed by atoms with Crippen molar-refractivity contribution in [3.63, 3.8) is 0 Å². The summed E-state index contributed by atoms with van der Waals surface area (Å²) in [5, 5.41) is 4.29. The van der Waals surface area contributed by atoms with E-state index >= 15 is 0 Å². The van der Waals surface area contributed by atoms with E-state index in [1.807, 2.05) is 56.9 Å². The van der Waals surface area contributed by atoms with Gasteiger partial charge >= 0.3 is 0 Å². The molecule has 1 saturated heterocycles. The summed E-state index contributed by atoms with van der Waals surface area (Å²) in [4.78, 5) is 19.1. The molecule has 0 N–H and O–H groups in total. The molecule has 1 aromatic carbocycles. The minimum atomic E-state index is 0.106. The van der Waals surface area contributed by atoms with E-state index < -0.39 is 0 Å². The molecular weight excluding hydrogens is 314 g/mol. The van der Waals surface area contributed by atoms with Gasteiger partial charge in [-0.3, -0.25) is 9.48 Å². The fourth-order valence-electron chi connectivity index (χ4n) is 3.44. The zero-order chi connectivity index (χ0) is 17.1. The van der Waals surface area contributed by atoms with Crippen LogP contribution in [0.2, 0.25) is 0 Å². The molecule has 0 radical (unpaired) electrons. The number of carbonyl (C=O) groups is 1. The van der Waals surface area contributed by atoms with E-state index in [1.54, 1.807) is 18.7 Å². The van der Waals surface area contributed by atoms with Gasteiger partial charge in [0.1, 0.15) is 0 Å². The molecule has 1 unspecified atom stereocenters. The first-order valence-corrected chi connectivity index (χ1v) is 8.68. The molecule has 128 valence electrons. The number of benzene rings is 1. The highest BCUT2D eigenvalue weighted by Gasteiger charge is 2.27. The number of rotatable bonds is 4.